The lowest BCUT2D eigenvalue weighted by atomic mass is 10.1. The molecule has 19 heavy (non-hydrogen) atoms. The fourth-order valence-corrected chi connectivity index (χ4v) is 3.17. The van der Waals surface area contributed by atoms with Crippen LogP contribution in [-0.4, -0.2) is 42.0 Å². The van der Waals surface area contributed by atoms with Gasteiger partial charge in [0.25, 0.3) is 0 Å². The number of aromatic nitrogens is 1. The molecule has 0 spiro atoms. The summed E-state index contributed by atoms with van der Waals surface area (Å²) in [7, 11) is 0. The standard InChI is InChI=1S/C15H21N3O/c19-15(13-3-1-2-4-13)18-11-9-17(10-12-18)14-5-7-16-8-6-14/h5-8,13H,1-4,9-12H2. The van der Waals surface area contributed by atoms with E-state index < -0.39 is 0 Å². The minimum atomic E-state index is 0.312. The number of amides is 1. The highest BCUT2D eigenvalue weighted by molar-refractivity contribution is 5.79. The third-order valence-corrected chi connectivity index (χ3v) is 4.32. The van der Waals surface area contributed by atoms with Gasteiger partial charge in [0.05, 0.1) is 0 Å². The van der Waals surface area contributed by atoms with E-state index in [0.717, 1.165) is 39.0 Å². The van der Waals surface area contributed by atoms with Crippen molar-refractivity contribution in [1.82, 2.24) is 9.88 Å². The van der Waals surface area contributed by atoms with Gasteiger partial charge < -0.3 is 9.80 Å². The van der Waals surface area contributed by atoms with Crippen LogP contribution in [0.15, 0.2) is 24.5 Å². The van der Waals surface area contributed by atoms with Crippen LogP contribution in [0.4, 0.5) is 5.69 Å². The molecule has 1 saturated carbocycles. The summed E-state index contributed by atoms with van der Waals surface area (Å²) in [6.07, 6.45) is 8.31. The van der Waals surface area contributed by atoms with Crippen molar-refractivity contribution in [1.29, 1.82) is 0 Å². The molecule has 1 amide bonds. The molecule has 1 aliphatic carbocycles. The molecule has 0 atom stereocenters. The van der Waals surface area contributed by atoms with Gasteiger partial charge in [-0.2, -0.15) is 0 Å². The first-order chi connectivity index (χ1) is 9.34. The summed E-state index contributed by atoms with van der Waals surface area (Å²) < 4.78 is 0. The summed E-state index contributed by atoms with van der Waals surface area (Å²) in [5, 5.41) is 0. The van der Waals surface area contributed by atoms with Crippen molar-refractivity contribution in [3.63, 3.8) is 0 Å². The molecule has 0 N–H and O–H groups in total. The Morgan fingerprint density at radius 3 is 2.32 bits per heavy atom. The first-order valence-corrected chi connectivity index (χ1v) is 7.28. The normalized spacial score (nSPS) is 20.8. The van der Waals surface area contributed by atoms with Crippen LogP contribution in [0.3, 0.4) is 0 Å². The van der Waals surface area contributed by atoms with Crippen LogP contribution >= 0.6 is 0 Å². The van der Waals surface area contributed by atoms with Crippen LogP contribution in [-0.2, 0) is 4.79 Å². The van der Waals surface area contributed by atoms with E-state index in [0.29, 0.717) is 11.8 Å². The molecule has 4 nitrogen and oxygen atoms in total. The Morgan fingerprint density at radius 2 is 1.68 bits per heavy atom. The monoisotopic (exact) mass is 259 g/mol. The van der Waals surface area contributed by atoms with Crippen molar-refractivity contribution in [2.75, 3.05) is 31.1 Å². The highest BCUT2D eigenvalue weighted by Gasteiger charge is 2.29. The summed E-state index contributed by atoms with van der Waals surface area (Å²) >= 11 is 0. The first kappa shape index (κ1) is 12.5. The Labute approximate surface area is 114 Å². The maximum Gasteiger partial charge on any atom is 0.225 e. The minimum absolute atomic E-state index is 0.312. The van der Waals surface area contributed by atoms with Gasteiger partial charge in [-0.3, -0.25) is 9.78 Å². The van der Waals surface area contributed by atoms with Crippen LogP contribution in [0.1, 0.15) is 25.7 Å². The van der Waals surface area contributed by atoms with Crippen LogP contribution in [0.2, 0.25) is 0 Å². The Morgan fingerprint density at radius 1 is 1.05 bits per heavy atom. The number of nitrogens with zero attached hydrogens (tertiary/aromatic N) is 3. The van der Waals surface area contributed by atoms with Crippen LogP contribution in [0.5, 0.6) is 0 Å². The van der Waals surface area contributed by atoms with Gasteiger partial charge in [-0.25, -0.2) is 0 Å². The zero-order valence-electron chi connectivity index (χ0n) is 11.3. The zero-order chi connectivity index (χ0) is 13.1. The van der Waals surface area contributed by atoms with Gasteiger partial charge >= 0.3 is 0 Å². The topological polar surface area (TPSA) is 36.4 Å². The third-order valence-electron chi connectivity index (χ3n) is 4.32. The number of pyridine rings is 1. The summed E-state index contributed by atoms with van der Waals surface area (Å²) in [6.45, 7) is 3.58. The van der Waals surface area contributed by atoms with Gasteiger partial charge in [-0.15, -0.1) is 0 Å². The SMILES string of the molecule is O=C(C1CCCC1)N1CCN(c2ccncc2)CC1. The molecule has 2 fully saturated rings. The van der Waals surface area contributed by atoms with E-state index >= 15 is 0 Å². The van der Waals surface area contributed by atoms with Gasteiger partial charge in [0.2, 0.25) is 5.91 Å². The molecule has 1 aliphatic heterocycles. The highest BCUT2D eigenvalue weighted by atomic mass is 16.2. The fourth-order valence-electron chi connectivity index (χ4n) is 3.17. The van der Waals surface area contributed by atoms with Crippen molar-refractivity contribution < 1.29 is 4.79 Å². The molecule has 2 heterocycles. The number of carbonyl (C=O) groups is 1. The molecule has 1 aromatic rings. The van der Waals surface area contributed by atoms with E-state index in [1.54, 1.807) is 0 Å². The van der Waals surface area contributed by atoms with Crippen molar-refractivity contribution in [2.45, 2.75) is 25.7 Å². The lowest BCUT2D eigenvalue weighted by Crippen LogP contribution is -2.50. The quantitative estimate of drug-likeness (QED) is 0.814. The molecule has 0 radical (unpaired) electrons. The van der Waals surface area contributed by atoms with E-state index in [4.69, 9.17) is 0 Å². The van der Waals surface area contributed by atoms with Crippen LogP contribution < -0.4 is 4.90 Å². The molecule has 4 heteroatoms. The summed E-state index contributed by atoms with van der Waals surface area (Å²) in [5.74, 6) is 0.708. The molecule has 0 aromatic carbocycles. The second kappa shape index (κ2) is 5.59. The summed E-state index contributed by atoms with van der Waals surface area (Å²) in [5.41, 5.74) is 1.21. The molecule has 102 valence electrons. The summed E-state index contributed by atoms with van der Waals surface area (Å²) in [6, 6.07) is 4.07. The van der Waals surface area contributed by atoms with Crippen molar-refractivity contribution in [3.8, 4) is 0 Å². The Kier molecular flexibility index (Phi) is 3.67. The summed E-state index contributed by atoms with van der Waals surface area (Å²) in [4.78, 5) is 20.8. The second-order valence-corrected chi connectivity index (χ2v) is 5.50. The maximum absolute atomic E-state index is 12.3. The lowest BCUT2D eigenvalue weighted by molar-refractivity contribution is -0.135. The smallest absolute Gasteiger partial charge is 0.225 e. The van der Waals surface area contributed by atoms with E-state index in [2.05, 4.69) is 14.8 Å². The number of anilines is 1. The van der Waals surface area contributed by atoms with Gasteiger partial charge in [-0.05, 0) is 25.0 Å². The predicted octanol–water partition coefficient (Wildman–Crippen LogP) is 1.92. The molecule has 1 aromatic heterocycles. The number of carbonyl (C=O) groups excluding carboxylic acids is 1. The Balaban J connectivity index is 1.56. The second-order valence-electron chi connectivity index (χ2n) is 5.50. The predicted molar refractivity (Wildman–Crippen MR) is 75.0 cm³/mol. The van der Waals surface area contributed by atoms with E-state index in [-0.39, 0.29) is 0 Å². The van der Waals surface area contributed by atoms with Gasteiger partial charge in [0.1, 0.15) is 0 Å². The third kappa shape index (κ3) is 2.72. The van der Waals surface area contributed by atoms with Crippen molar-refractivity contribution in [3.05, 3.63) is 24.5 Å². The molecule has 0 bridgehead atoms. The molecule has 3 rings (SSSR count). The number of piperazine rings is 1. The largest absolute Gasteiger partial charge is 0.368 e. The van der Waals surface area contributed by atoms with Crippen LogP contribution in [0, 0.1) is 5.92 Å². The Hall–Kier alpha value is -1.58. The van der Waals surface area contributed by atoms with Gasteiger partial charge in [0.15, 0.2) is 0 Å². The van der Waals surface area contributed by atoms with Gasteiger partial charge in [0, 0.05) is 50.2 Å². The van der Waals surface area contributed by atoms with E-state index in [9.17, 15) is 4.79 Å². The molecular weight excluding hydrogens is 238 g/mol. The number of rotatable bonds is 2. The molecular formula is C15H21N3O. The average molecular weight is 259 g/mol. The fraction of sp³-hybridized carbons (Fsp3) is 0.600. The minimum Gasteiger partial charge on any atom is -0.368 e. The first-order valence-electron chi connectivity index (χ1n) is 7.28. The number of hydrogen-bond donors (Lipinski definition) is 0. The Bertz CT molecular complexity index is 420. The highest BCUT2D eigenvalue weighted by Crippen LogP contribution is 2.27. The average Bonchev–Trinajstić information content (AvgIpc) is 3.02. The number of hydrogen-bond acceptors (Lipinski definition) is 3. The zero-order valence-corrected chi connectivity index (χ0v) is 11.3. The molecule has 0 unspecified atom stereocenters. The van der Waals surface area contributed by atoms with E-state index in [1.807, 2.05) is 24.5 Å². The van der Waals surface area contributed by atoms with Crippen LogP contribution in [0.25, 0.3) is 0 Å². The maximum atomic E-state index is 12.3. The van der Waals surface area contributed by atoms with Crippen molar-refractivity contribution in [2.24, 2.45) is 5.92 Å². The molecule has 1 saturated heterocycles. The van der Waals surface area contributed by atoms with Crippen molar-refractivity contribution >= 4 is 11.6 Å². The molecule has 2 aliphatic rings. The lowest BCUT2D eigenvalue weighted by Gasteiger charge is -2.37. The van der Waals surface area contributed by atoms with Gasteiger partial charge in [-0.1, -0.05) is 12.8 Å². The van der Waals surface area contributed by atoms with E-state index in [1.165, 1.54) is 18.5 Å².